The maximum atomic E-state index is 11.7. The molecule has 38 heavy (non-hydrogen) atoms. The van der Waals surface area contributed by atoms with E-state index in [1.165, 1.54) is 27.6 Å². The van der Waals surface area contributed by atoms with Crippen molar-refractivity contribution in [3.63, 3.8) is 0 Å². The quantitative estimate of drug-likeness (QED) is 0.273. The number of hydrogen-bond donors (Lipinski definition) is 2. The highest BCUT2D eigenvalue weighted by molar-refractivity contribution is 5.88. The molecule has 1 atom stereocenters. The predicted octanol–water partition coefficient (Wildman–Crippen LogP) is 7.02. The van der Waals surface area contributed by atoms with E-state index in [0.29, 0.717) is 13.0 Å². The van der Waals surface area contributed by atoms with Crippen LogP contribution in [0, 0.1) is 13.8 Å². The zero-order valence-electron chi connectivity index (χ0n) is 23.0. The van der Waals surface area contributed by atoms with Crippen LogP contribution in [-0.2, 0) is 11.2 Å². The lowest BCUT2D eigenvalue weighted by Crippen LogP contribution is -2.41. The number of rotatable bonds is 6. The summed E-state index contributed by atoms with van der Waals surface area (Å²) in [5.41, 5.74) is 12.5. The molecule has 198 valence electrons. The van der Waals surface area contributed by atoms with Crippen molar-refractivity contribution in [3.05, 3.63) is 107 Å². The first kappa shape index (κ1) is 28.6. The largest absolute Gasteiger partial charge is 0.444 e. The Morgan fingerprint density at radius 3 is 2.24 bits per heavy atom. The smallest absolute Gasteiger partial charge is 0.407 e. The molecule has 0 bridgehead atoms. The maximum absolute atomic E-state index is 11.7. The molecule has 0 aliphatic rings. The molecule has 0 spiro atoms. The van der Waals surface area contributed by atoms with Crippen molar-refractivity contribution in [2.24, 2.45) is 5.73 Å². The van der Waals surface area contributed by atoms with Crippen molar-refractivity contribution in [3.8, 4) is 11.1 Å². The lowest BCUT2D eigenvalue weighted by atomic mass is 9.96. The second-order valence-electron chi connectivity index (χ2n) is 10.6. The average Bonchev–Trinajstić information content (AvgIpc) is 2.87. The summed E-state index contributed by atoms with van der Waals surface area (Å²) >= 11 is 0. The maximum Gasteiger partial charge on any atom is 0.407 e. The van der Waals surface area contributed by atoms with E-state index in [4.69, 9.17) is 10.5 Å². The first-order valence-corrected chi connectivity index (χ1v) is 12.9. The number of carbonyl (C=O) groups is 2. The van der Waals surface area contributed by atoms with Gasteiger partial charge in [-0.1, -0.05) is 84.4 Å². The predicted molar refractivity (Wildman–Crippen MR) is 157 cm³/mol. The van der Waals surface area contributed by atoms with E-state index in [-0.39, 0.29) is 6.04 Å². The summed E-state index contributed by atoms with van der Waals surface area (Å²) in [6, 6.07) is 28.5. The number of hydrogen-bond acceptors (Lipinski definition) is 4. The SMILES string of the molecule is Cc1ccc(-c2ccc(CC(N)CNC(=O)OC(C)(C)C)cc2C)cc1.O=Cc1ccc2ccccc2c1. The number of amides is 1. The lowest BCUT2D eigenvalue weighted by Gasteiger charge is -2.21. The van der Waals surface area contributed by atoms with Gasteiger partial charge in [0, 0.05) is 18.2 Å². The normalized spacial score (nSPS) is 11.7. The molecule has 0 saturated carbocycles. The first-order chi connectivity index (χ1) is 18.0. The molecule has 5 heteroatoms. The molecular formula is C33H38N2O3. The van der Waals surface area contributed by atoms with Crippen LogP contribution in [0.5, 0.6) is 0 Å². The molecule has 0 radical (unpaired) electrons. The number of benzene rings is 4. The monoisotopic (exact) mass is 510 g/mol. The van der Waals surface area contributed by atoms with Crippen molar-refractivity contribution in [2.75, 3.05) is 6.54 Å². The number of fused-ring (bicyclic) bond motifs is 1. The van der Waals surface area contributed by atoms with Crippen LogP contribution in [0.2, 0.25) is 0 Å². The van der Waals surface area contributed by atoms with Crippen LogP contribution in [0.1, 0.15) is 47.8 Å². The number of aldehydes is 1. The van der Waals surface area contributed by atoms with Gasteiger partial charge in [-0.2, -0.15) is 0 Å². The molecule has 0 aliphatic heterocycles. The minimum absolute atomic E-state index is 0.160. The molecule has 0 aliphatic carbocycles. The second-order valence-corrected chi connectivity index (χ2v) is 10.6. The van der Waals surface area contributed by atoms with Gasteiger partial charge >= 0.3 is 6.09 Å². The van der Waals surface area contributed by atoms with Gasteiger partial charge in [-0.15, -0.1) is 0 Å². The molecule has 0 saturated heterocycles. The molecule has 0 heterocycles. The summed E-state index contributed by atoms with van der Waals surface area (Å²) < 4.78 is 5.22. The topological polar surface area (TPSA) is 81.4 Å². The van der Waals surface area contributed by atoms with Crippen LogP contribution < -0.4 is 11.1 Å². The van der Waals surface area contributed by atoms with Gasteiger partial charge < -0.3 is 15.8 Å². The molecule has 1 unspecified atom stereocenters. The molecule has 3 N–H and O–H groups in total. The van der Waals surface area contributed by atoms with Crippen molar-refractivity contribution in [1.82, 2.24) is 5.32 Å². The van der Waals surface area contributed by atoms with Gasteiger partial charge in [0.1, 0.15) is 11.9 Å². The van der Waals surface area contributed by atoms with Crippen LogP contribution in [0.3, 0.4) is 0 Å². The van der Waals surface area contributed by atoms with Gasteiger partial charge in [-0.3, -0.25) is 4.79 Å². The zero-order valence-corrected chi connectivity index (χ0v) is 23.0. The Morgan fingerprint density at radius 2 is 1.61 bits per heavy atom. The zero-order chi connectivity index (χ0) is 27.7. The number of nitrogens with one attached hydrogen (secondary N) is 1. The number of carbonyl (C=O) groups excluding carboxylic acids is 2. The van der Waals surface area contributed by atoms with Gasteiger partial charge in [0.05, 0.1) is 0 Å². The summed E-state index contributed by atoms with van der Waals surface area (Å²) in [6.45, 7) is 10.1. The van der Waals surface area contributed by atoms with E-state index in [9.17, 15) is 9.59 Å². The third-order valence-electron chi connectivity index (χ3n) is 5.97. The van der Waals surface area contributed by atoms with E-state index in [1.54, 1.807) is 0 Å². The van der Waals surface area contributed by atoms with Crippen molar-refractivity contribution in [2.45, 2.75) is 52.7 Å². The fraction of sp³-hybridized carbons (Fsp3) is 0.273. The molecular weight excluding hydrogens is 472 g/mol. The Kier molecular flexibility index (Phi) is 9.80. The van der Waals surface area contributed by atoms with E-state index in [2.05, 4.69) is 61.6 Å². The Labute approximate surface area is 226 Å². The van der Waals surface area contributed by atoms with E-state index >= 15 is 0 Å². The van der Waals surface area contributed by atoms with Gasteiger partial charge in [0.15, 0.2) is 0 Å². The number of aryl methyl sites for hydroxylation is 2. The number of alkyl carbamates (subject to hydrolysis) is 1. The third-order valence-corrected chi connectivity index (χ3v) is 5.97. The van der Waals surface area contributed by atoms with Gasteiger partial charge in [-0.25, -0.2) is 4.79 Å². The molecule has 5 nitrogen and oxygen atoms in total. The summed E-state index contributed by atoms with van der Waals surface area (Å²) in [5, 5.41) is 5.01. The fourth-order valence-electron chi connectivity index (χ4n) is 4.09. The van der Waals surface area contributed by atoms with Crippen LogP contribution in [0.15, 0.2) is 84.9 Å². The third kappa shape index (κ3) is 8.86. The molecule has 1 amide bonds. The minimum atomic E-state index is -0.503. The molecule has 4 aromatic rings. The highest BCUT2D eigenvalue weighted by Gasteiger charge is 2.16. The van der Waals surface area contributed by atoms with Gasteiger partial charge in [0.25, 0.3) is 0 Å². The Hall–Kier alpha value is -3.96. The van der Waals surface area contributed by atoms with Gasteiger partial charge in [-0.05, 0) is 80.1 Å². The molecule has 4 aromatic carbocycles. The van der Waals surface area contributed by atoms with E-state index in [1.807, 2.05) is 63.2 Å². The summed E-state index contributed by atoms with van der Waals surface area (Å²) in [6.07, 6.45) is 1.14. The first-order valence-electron chi connectivity index (χ1n) is 12.9. The Balaban J connectivity index is 0.000000275. The summed E-state index contributed by atoms with van der Waals surface area (Å²) in [7, 11) is 0. The fourth-order valence-corrected chi connectivity index (χ4v) is 4.09. The minimum Gasteiger partial charge on any atom is -0.444 e. The van der Waals surface area contributed by atoms with E-state index in [0.717, 1.165) is 22.8 Å². The summed E-state index contributed by atoms with van der Waals surface area (Å²) in [5.74, 6) is 0. The number of nitrogens with two attached hydrogens (primary N) is 1. The van der Waals surface area contributed by atoms with Gasteiger partial charge in [0.2, 0.25) is 0 Å². The van der Waals surface area contributed by atoms with Crippen LogP contribution in [0.25, 0.3) is 21.9 Å². The second kappa shape index (κ2) is 13.0. The van der Waals surface area contributed by atoms with Crippen LogP contribution >= 0.6 is 0 Å². The molecule has 0 fully saturated rings. The van der Waals surface area contributed by atoms with Crippen LogP contribution in [-0.4, -0.2) is 30.6 Å². The highest BCUT2D eigenvalue weighted by atomic mass is 16.6. The lowest BCUT2D eigenvalue weighted by molar-refractivity contribution is 0.0524. The van der Waals surface area contributed by atoms with Crippen LogP contribution in [0.4, 0.5) is 4.79 Å². The molecule has 0 aromatic heterocycles. The Morgan fingerprint density at radius 1 is 0.921 bits per heavy atom. The van der Waals surface area contributed by atoms with Crippen molar-refractivity contribution < 1.29 is 14.3 Å². The average molecular weight is 511 g/mol. The van der Waals surface area contributed by atoms with Crippen molar-refractivity contribution in [1.29, 1.82) is 0 Å². The summed E-state index contributed by atoms with van der Waals surface area (Å²) in [4.78, 5) is 22.2. The standard InChI is InChI=1S/C22H30N2O2.C11H8O/c1-15-6-9-18(10-7-15)20-11-8-17(12-16(20)2)13-19(23)14-24-21(25)26-22(3,4)5;12-8-9-5-6-10-3-1-2-4-11(10)7-9/h6-12,19H,13-14,23H2,1-5H3,(H,24,25);1-8H. The highest BCUT2D eigenvalue weighted by Crippen LogP contribution is 2.25. The van der Waals surface area contributed by atoms with E-state index < -0.39 is 11.7 Å². The number of ether oxygens (including phenoxy) is 1. The Bertz CT molecular complexity index is 1370. The molecule has 4 rings (SSSR count). The van der Waals surface area contributed by atoms with Crippen molar-refractivity contribution >= 4 is 23.2 Å².